The van der Waals surface area contributed by atoms with Crippen molar-refractivity contribution in [2.45, 2.75) is 6.42 Å². The van der Waals surface area contributed by atoms with E-state index in [9.17, 15) is 0 Å². The molecule has 0 saturated heterocycles. The molecule has 2 heterocycles. The van der Waals surface area contributed by atoms with Crippen molar-refractivity contribution in [3.63, 3.8) is 0 Å². The van der Waals surface area contributed by atoms with Gasteiger partial charge in [-0.2, -0.15) is 5.10 Å². The van der Waals surface area contributed by atoms with Crippen LogP contribution >= 0.6 is 23.8 Å². The summed E-state index contributed by atoms with van der Waals surface area (Å²) in [5, 5.41) is 6.99. The number of nitrogens with one attached hydrogen (secondary N) is 1. The maximum Gasteiger partial charge on any atom is 0.150 e. The highest BCUT2D eigenvalue weighted by Crippen LogP contribution is 2.31. The molecule has 2 aromatic rings. The molecule has 1 aromatic carbocycles. The molecule has 0 amide bonds. The van der Waals surface area contributed by atoms with Crippen molar-refractivity contribution in [2.75, 3.05) is 6.61 Å². The Balaban J connectivity index is 2.15. The molecule has 0 saturated carbocycles. The lowest BCUT2D eigenvalue weighted by atomic mass is 10.0. The zero-order chi connectivity index (χ0) is 11.8. The van der Waals surface area contributed by atoms with Crippen LogP contribution in [0.15, 0.2) is 24.3 Å². The van der Waals surface area contributed by atoms with Gasteiger partial charge in [0, 0.05) is 12.0 Å². The average molecular weight is 265 g/mol. The number of rotatable bonds is 1. The number of halogens is 1. The second-order valence-corrected chi connectivity index (χ2v) is 4.65. The maximum absolute atomic E-state index is 5.87. The SMILES string of the molecule is S=c1[nH]nc(Cl)cc1-c1ccc2c(c1)CCO2. The summed E-state index contributed by atoms with van der Waals surface area (Å²) in [6.07, 6.45) is 0.943. The van der Waals surface area contributed by atoms with E-state index in [1.807, 2.05) is 12.1 Å². The summed E-state index contributed by atoms with van der Waals surface area (Å²) in [5.74, 6) is 0.962. The van der Waals surface area contributed by atoms with Crippen molar-refractivity contribution in [3.8, 4) is 16.9 Å². The van der Waals surface area contributed by atoms with Gasteiger partial charge in [0.25, 0.3) is 0 Å². The molecule has 3 rings (SSSR count). The summed E-state index contributed by atoms with van der Waals surface area (Å²) in [7, 11) is 0. The Morgan fingerprint density at radius 2 is 2.24 bits per heavy atom. The minimum absolute atomic E-state index is 0.408. The lowest BCUT2D eigenvalue weighted by Crippen LogP contribution is -1.88. The Hall–Kier alpha value is -1.39. The van der Waals surface area contributed by atoms with E-state index in [0.717, 1.165) is 29.9 Å². The fraction of sp³-hybridized carbons (Fsp3) is 0.167. The van der Waals surface area contributed by atoms with Gasteiger partial charge in [-0.3, -0.25) is 5.10 Å². The van der Waals surface area contributed by atoms with Crippen molar-refractivity contribution in [2.24, 2.45) is 0 Å². The zero-order valence-electron chi connectivity index (χ0n) is 8.87. The molecule has 0 bridgehead atoms. The quantitative estimate of drug-likeness (QED) is 0.803. The van der Waals surface area contributed by atoms with E-state index in [1.165, 1.54) is 5.56 Å². The maximum atomic E-state index is 5.87. The lowest BCUT2D eigenvalue weighted by Gasteiger charge is -2.04. The molecule has 0 aliphatic carbocycles. The first-order valence-corrected chi connectivity index (χ1v) is 6.04. The van der Waals surface area contributed by atoms with E-state index < -0.39 is 0 Å². The van der Waals surface area contributed by atoms with Crippen molar-refractivity contribution in [1.29, 1.82) is 0 Å². The topological polar surface area (TPSA) is 37.9 Å². The first-order valence-electron chi connectivity index (χ1n) is 5.25. The van der Waals surface area contributed by atoms with Crippen LogP contribution < -0.4 is 4.74 Å². The third kappa shape index (κ3) is 1.94. The highest BCUT2D eigenvalue weighted by molar-refractivity contribution is 7.71. The zero-order valence-corrected chi connectivity index (χ0v) is 10.4. The summed E-state index contributed by atoms with van der Waals surface area (Å²) in [5.41, 5.74) is 3.15. The predicted octanol–water partition coefficient (Wildman–Crippen LogP) is 3.39. The number of hydrogen-bond donors (Lipinski definition) is 1. The third-order valence-corrected chi connectivity index (χ3v) is 3.28. The van der Waals surface area contributed by atoms with Gasteiger partial charge >= 0.3 is 0 Å². The van der Waals surface area contributed by atoms with Crippen LogP contribution in [0.3, 0.4) is 0 Å². The Morgan fingerprint density at radius 3 is 3.12 bits per heavy atom. The summed E-state index contributed by atoms with van der Waals surface area (Å²) in [6.45, 7) is 0.753. The van der Waals surface area contributed by atoms with Crippen LogP contribution in [0, 0.1) is 4.64 Å². The number of ether oxygens (including phenoxy) is 1. The lowest BCUT2D eigenvalue weighted by molar-refractivity contribution is 0.357. The Bertz CT molecular complexity index is 639. The van der Waals surface area contributed by atoms with Crippen molar-refractivity contribution >= 4 is 23.8 Å². The largest absolute Gasteiger partial charge is 0.493 e. The van der Waals surface area contributed by atoms with Gasteiger partial charge in [-0.05, 0) is 29.3 Å². The van der Waals surface area contributed by atoms with Gasteiger partial charge in [-0.15, -0.1) is 0 Å². The molecule has 0 atom stereocenters. The summed E-state index contributed by atoms with van der Waals surface area (Å²) >= 11 is 11.1. The van der Waals surface area contributed by atoms with Gasteiger partial charge in [-0.25, -0.2) is 0 Å². The van der Waals surface area contributed by atoms with Gasteiger partial charge in [-0.1, -0.05) is 29.9 Å². The van der Waals surface area contributed by atoms with E-state index in [2.05, 4.69) is 16.3 Å². The molecule has 5 heteroatoms. The van der Waals surface area contributed by atoms with E-state index in [-0.39, 0.29) is 0 Å². The monoisotopic (exact) mass is 264 g/mol. The molecule has 1 aliphatic rings. The van der Waals surface area contributed by atoms with Crippen molar-refractivity contribution in [3.05, 3.63) is 39.6 Å². The van der Waals surface area contributed by atoms with Gasteiger partial charge < -0.3 is 4.74 Å². The molecule has 0 fully saturated rings. The highest BCUT2D eigenvalue weighted by atomic mass is 35.5. The molecule has 0 spiro atoms. The molecule has 0 unspecified atom stereocenters. The smallest absolute Gasteiger partial charge is 0.150 e. The molecule has 1 N–H and O–H groups in total. The van der Waals surface area contributed by atoms with E-state index >= 15 is 0 Å². The van der Waals surface area contributed by atoms with E-state index in [4.69, 9.17) is 28.6 Å². The molecule has 17 heavy (non-hydrogen) atoms. The Morgan fingerprint density at radius 1 is 1.35 bits per heavy atom. The molecule has 1 aromatic heterocycles. The van der Waals surface area contributed by atoms with Crippen LogP contribution in [-0.2, 0) is 6.42 Å². The number of H-pyrrole nitrogens is 1. The molecule has 0 radical (unpaired) electrons. The van der Waals surface area contributed by atoms with Crippen LogP contribution in [0.25, 0.3) is 11.1 Å². The molecule has 3 nitrogen and oxygen atoms in total. The molecular formula is C12H9ClN2OS. The van der Waals surface area contributed by atoms with Gasteiger partial charge in [0.1, 0.15) is 15.5 Å². The summed E-state index contributed by atoms with van der Waals surface area (Å²) in [4.78, 5) is 0. The van der Waals surface area contributed by atoms with Crippen LogP contribution in [-0.4, -0.2) is 16.8 Å². The normalized spacial score (nSPS) is 13.2. The summed E-state index contributed by atoms with van der Waals surface area (Å²) < 4.78 is 6.06. The van der Waals surface area contributed by atoms with Crippen molar-refractivity contribution < 1.29 is 4.74 Å². The van der Waals surface area contributed by atoms with Gasteiger partial charge in [0.05, 0.1) is 6.61 Å². The van der Waals surface area contributed by atoms with Gasteiger partial charge in [0.2, 0.25) is 0 Å². The first-order chi connectivity index (χ1) is 8.24. The number of fused-ring (bicyclic) bond motifs is 1. The number of aromatic amines is 1. The fourth-order valence-corrected chi connectivity index (χ4v) is 2.32. The molecular weight excluding hydrogens is 256 g/mol. The first kappa shape index (κ1) is 10.7. The van der Waals surface area contributed by atoms with E-state index in [1.54, 1.807) is 6.07 Å². The highest BCUT2D eigenvalue weighted by Gasteiger charge is 2.13. The molecule has 1 aliphatic heterocycles. The second-order valence-electron chi connectivity index (χ2n) is 3.85. The predicted molar refractivity (Wildman–Crippen MR) is 69.1 cm³/mol. The van der Waals surface area contributed by atoms with Gasteiger partial charge in [0.15, 0.2) is 0 Å². The minimum Gasteiger partial charge on any atom is -0.493 e. The number of aromatic nitrogens is 2. The third-order valence-electron chi connectivity index (χ3n) is 2.77. The number of hydrogen-bond acceptors (Lipinski definition) is 3. The number of nitrogens with zero attached hydrogens (tertiary/aromatic N) is 1. The fourth-order valence-electron chi connectivity index (χ4n) is 1.95. The van der Waals surface area contributed by atoms with E-state index in [0.29, 0.717) is 9.79 Å². The molecule has 86 valence electrons. The van der Waals surface area contributed by atoms with Crippen LogP contribution in [0.4, 0.5) is 0 Å². The summed E-state index contributed by atoms with van der Waals surface area (Å²) in [6, 6.07) is 7.83. The Kier molecular flexibility index (Phi) is 2.61. The second kappa shape index (κ2) is 4.13. The minimum atomic E-state index is 0.408. The number of benzene rings is 1. The average Bonchev–Trinajstić information content (AvgIpc) is 2.79. The standard InChI is InChI=1S/C12H9ClN2OS/c13-11-6-9(12(17)15-14-11)7-1-2-10-8(5-7)3-4-16-10/h1-2,5-6H,3-4H2,(H,15,17). The van der Waals surface area contributed by atoms with Crippen LogP contribution in [0.1, 0.15) is 5.56 Å². The van der Waals surface area contributed by atoms with Crippen molar-refractivity contribution in [1.82, 2.24) is 10.2 Å². The van der Waals surface area contributed by atoms with Crippen LogP contribution in [0.5, 0.6) is 5.75 Å². The van der Waals surface area contributed by atoms with Crippen LogP contribution in [0.2, 0.25) is 5.15 Å². The Labute approximate surface area is 108 Å².